The highest BCUT2D eigenvalue weighted by molar-refractivity contribution is 9.11. The number of hydrogen-bond donors (Lipinski definition) is 0. The average Bonchev–Trinajstić information content (AvgIpc) is 3.47. The summed E-state index contributed by atoms with van der Waals surface area (Å²) in [6.45, 7) is 0. The van der Waals surface area contributed by atoms with Crippen LogP contribution < -0.4 is 0 Å². The molecule has 34 heavy (non-hydrogen) atoms. The minimum Gasteiger partial charge on any atom is -0.464 e. The van der Waals surface area contributed by atoms with Crippen molar-refractivity contribution in [3.63, 3.8) is 0 Å². The maximum Gasteiger partial charge on any atom is 0.356 e. The topological polar surface area (TPSA) is 87.0 Å². The Morgan fingerprint density at radius 3 is 2.82 bits per heavy atom. The highest BCUT2D eigenvalue weighted by atomic mass is 79.9. The van der Waals surface area contributed by atoms with E-state index in [0.29, 0.717) is 17.9 Å². The van der Waals surface area contributed by atoms with Gasteiger partial charge in [-0.15, -0.1) is 11.3 Å². The van der Waals surface area contributed by atoms with E-state index in [0.717, 1.165) is 51.4 Å². The number of aromatic nitrogens is 4. The van der Waals surface area contributed by atoms with Crippen molar-refractivity contribution in [3.8, 4) is 11.5 Å². The molecule has 4 heterocycles. The fraction of sp³-hybridized carbons (Fsp3) is 0.320. The molecule has 0 unspecified atom stereocenters. The van der Waals surface area contributed by atoms with Gasteiger partial charge in [0.1, 0.15) is 5.69 Å². The van der Waals surface area contributed by atoms with Crippen molar-refractivity contribution in [1.82, 2.24) is 19.5 Å². The van der Waals surface area contributed by atoms with E-state index in [1.807, 2.05) is 30.3 Å². The molecule has 0 saturated heterocycles. The second-order valence-electron chi connectivity index (χ2n) is 8.49. The number of esters is 1. The quantitative estimate of drug-likeness (QED) is 0.217. The molecule has 9 heteroatoms. The number of ether oxygens (including phenoxy) is 1. The molecule has 0 aromatic carbocycles. The van der Waals surface area contributed by atoms with E-state index in [9.17, 15) is 9.59 Å². The highest BCUT2D eigenvalue weighted by Gasteiger charge is 2.29. The van der Waals surface area contributed by atoms with Crippen molar-refractivity contribution < 1.29 is 14.3 Å². The Kier molecular flexibility index (Phi) is 6.56. The molecule has 7 nitrogen and oxygen atoms in total. The van der Waals surface area contributed by atoms with Crippen LogP contribution in [0.2, 0.25) is 0 Å². The van der Waals surface area contributed by atoms with Crippen LogP contribution in [0.4, 0.5) is 0 Å². The summed E-state index contributed by atoms with van der Waals surface area (Å²) in [6.07, 6.45) is 7.91. The molecule has 1 aliphatic carbocycles. The van der Waals surface area contributed by atoms with Gasteiger partial charge in [0, 0.05) is 18.7 Å². The number of carbonyl (C=O) groups is 2. The standard InChI is InChI=1S/C25H23BrN4O3S/c1-33-25(32)19-13-18-20(14-28-19)30(24(29-18)17-7-2-3-10-27-17)16-6-4-5-15(11-16)12-21(31)22-8-9-23(26)34-22/h2-3,7-10,13-16H,4-6,11-12H2,1H3/t15-,16+/m0/s1. The molecular formula is C25H23BrN4O3S. The number of hydrogen-bond acceptors (Lipinski definition) is 7. The maximum atomic E-state index is 12.9. The summed E-state index contributed by atoms with van der Waals surface area (Å²) in [7, 11) is 1.34. The summed E-state index contributed by atoms with van der Waals surface area (Å²) >= 11 is 4.94. The number of methoxy groups -OCH3 is 1. The number of pyridine rings is 2. The molecular weight excluding hydrogens is 516 g/mol. The predicted molar refractivity (Wildman–Crippen MR) is 134 cm³/mol. The number of nitrogens with zero attached hydrogens (tertiary/aromatic N) is 4. The normalized spacial score (nSPS) is 18.2. The van der Waals surface area contributed by atoms with Crippen LogP contribution in [-0.2, 0) is 4.74 Å². The van der Waals surface area contributed by atoms with Crippen molar-refractivity contribution in [2.45, 2.75) is 38.1 Å². The molecule has 0 bridgehead atoms. The zero-order chi connectivity index (χ0) is 23.7. The van der Waals surface area contributed by atoms with Crippen molar-refractivity contribution in [1.29, 1.82) is 0 Å². The first kappa shape index (κ1) is 22.9. The monoisotopic (exact) mass is 538 g/mol. The van der Waals surface area contributed by atoms with Crippen molar-refractivity contribution in [3.05, 3.63) is 63.1 Å². The summed E-state index contributed by atoms with van der Waals surface area (Å²) in [6, 6.07) is 11.4. The summed E-state index contributed by atoms with van der Waals surface area (Å²) in [5, 5.41) is 0. The van der Waals surface area contributed by atoms with Gasteiger partial charge in [-0.3, -0.25) is 9.78 Å². The zero-order valence-electron chi connectivity index (χ0n) is 18.6. The van der Waals surface area contributed by atoms with Crippen LogP contribution >= 0.6 is 27.3 Å². The van der Waals surface area contributed by atoms with Gasteiger partial charge in [-0.25, -0.2) is 14.8 Å². The van der Waals surface area contributed by atoms with E-state index in [1.54, 1.807) is 18.5 Å². The first-order valence-corrected chi connectivity index (χ1v) is 12.8. The first-order chi connectivity index (χ1) is 16.5. The molecule has 5 rings (SSSR count). The van der Waals surface area contributed by atoms with Gasteiger partial charge in [0.05, 0.1) is 33.0 Å². The van der Waals surface area contributed by atoms with E-state index >= 15 is 0 Å². The van der Waals surface area contributed by atoms with Crippen LogP contribution in [0.25, 0.3) is 22.6 Å². The van der Waals surface area contributed by atoms with E-state index < -0.39 is 5.97 Å². The Bertz CT molecular complexity index is 1350. The number of Topliss-reactive ketones (excluding diaryl/α,β-unsaturated/α-hetero) is 1. The third-order valence-electron chi connectivity index (χ3n) is 6.31. The molecule has 1 aliphatic rings. The van der Waals surface area contributed by atoms with Crippen LogP contribution in [0, 0.1) is 5.92 Å². The lowest BCUT2D eigenvalue weighted by Crippen LogP contribution is -2.22. The summed E-state index contributed by atoms with van der Waals surface area (Å²) < 4.78 is 8.00. The Balaban J connectivity index is 1.49. The molecule has 0 radical (unpaired) electrons. The van der Waals surface area contributed by atoms with Crippen molar-refractivity contribution in [2.24, 2.45) is 5.92 Å². The summed E-state index contributed by atoms with van der Waals surface area (Å²) in [5.41, 5.74) is 2.52. The van der Waals surface area contributed by atoms with Crippen LogP contribution in [0.3, 0.4) is 0 Å². The number of halogens is 1. The van der Waals surface area contributed by atoms with Gasteiger partial charge in [-0.2, -0.15) is 0 Å². The van der Waals surface area contributed by atoms with Gasteiger partial charge in [-0.1, -0.05) is 12.5 Å². The molecule has 0 N–H and O–H groups in total. The van der Waals surface area contributed by atoms with E-state index in [-0.39, 0.29) is 17.5 Å². The molecule has 4 aromatic rings. The van der Waals surface area contributed by atoms with E-state index in [1.165, 1.54) is 18.4 Å². The Hall–Kier alpha value is -2.91. The van der Waals surface area contributed by atoms with Crippen LogP contribution in [0.5, 0.6) is 0 Å². The lowest BCUT2D eigenvalue weighted by molar-refractivity contribution is 0.0594. The Labute approximate surface area is 209 Å². The van der Waals surface area contributed by atoms with Crippen LogP contribution in [-0.4, -0.2) is 38.4 Å². The van der Waals surface area contributed by atoms with Gasteiger partial charge in [0.25, 0.3) is 0 Å². The average molecular weight is 539 g/mol. The molecule has 0 amide bonds. The molecule has 0 spiro atoms. The largest absolute Gasteiger partial charge is 0.464 e. The number of carbonyl (C=O) groups excluding carboxylic acids is 2. The maximum absolute atomic E-state index is 12.9. The second-order valence-corrected chi connectivity index (χ2v) is 11.0. The van der Waals surface area contributed by atoms with Crippen LogP contribution in [0.1, 0.15) is 58.3 Å². The second kappa shape index (κ2) is 9.76. The van der Waals surface area contributed by atoms with E-state index in [4.69, 9.17) is 9.72 Å². The molecule has 1 fully saturated rings. The van der Waals surface area contributed by atoms with E-state index in [2.05, 4.69) is 30.5 Å². The third kappa shape index (κ3) is 4.54. The minimum atomic E-state index is -0.493. The number of fused-ring (bicyclic) bond motifs is 1. The van der Waals surface area contributed by atoms with Gasteiger partial charge >= 0.3 is 5.97 Å². The molecule has 1 saturated carbocycles. The van der Waals surface area contributed by atoms with Gasteiger partial charge in [0.2, 0.25) is 0 Å². The molecule has 2 atom stereocenters. The minimum absolute atomic E-state index is 0.161. The van der Waals surface area contributed by atoms with Gasteiger partial charge in [-0.05, 0) is 71.4 Å². The summed E-state index contributed by atoms with van der Waals surface area (Å²) in [5.74, 6) is 0.750. The van der Waals surface area contributed by atoms with Crippen molar-refractivity contribution in [2.75, 3.05) is 7.11 Å². The Morgan fingerprint density at radius 2 is 2.09 bits per heavy atom. The first-order valence-electron chi connectivity index (χ1n) is 11.2. The SMILES string of the molecule is COC(=O)c1cc2nc(-c3ccccn3)n([C@@H]3CCC[C@H](CC(=O)c4ccc(Br)s4)C3)c2cn1. The van der Waals surface area contributed by atoms with Gasteiger partial charge in [0.15, 0.2) is 17.3 Å². The van der Waals surface area contributed by atoms with Crippen molar-refractivity contribution >= 4 is 50.1 Å². The third-order valence-corrected chi connectivity index (χ3v) is 7.97. The summed E-state index contributed by atoms with van der Waals surface area (Å²) in [4.78, 5) is 39.4. The number of rotatable bonds is 6. The Morgan fingerprint density at radius 1 is 1.21 bits per heavy atom. The lowest BCUT2D eigenvalue weighted by atomic mass is 9.82. The smallest absolute Gasteiger partial charge is 0.356 e. The molecule has 174 valence electrons. The molecule has 0 aliphatic heterocycles. The highest BCUT2D eigenvalue weighted by Crippen LogP contribution is 2.39. The molecule has 4 aromatic heterocycles. The van der Waals surface area contributed by atoms with Gasteiger partial charge < -0.3 is 9.30 Å². The number of thiophene rings is 1. The fourth-order valence-corrected chi connectivity index (χ4v) is 6.10. The number of imidazole rings is 1. The predicted octanol–water partition coefficient (Wildman–Crippen LogP) is 6.11. The fourth-order valence-electron chi connectivity index (χ4n) is 4.77. The number of ketones is 1. The lowest BCUT2D eigenvalue weighted by Gasteiger charge is -2.31. The zero-order valence-corrected chi connectivity index (χ0v) is 21.0. The van der Waals surface area contributed by atoms with Crippen LogP contribution in [0.15, 0.2) is 52.6 Å².